The summed E-state index contributed by atoms with van der Waals surface area (Å²) in [5.74, 6) is 1.96. The molecule has 0 spiro atoms. The molecule has 1 atom stereocenters. The molecule has 0 amide bonds. The first-order chi connectivity index (χ1) is 8.76. The van der Waals surface area contributed by atoms with E-state index in [9.17, 15) is 4.39 Å². The van der Waals surface area contributed by atoms with E-state index in [0.29, 0.717) is 11.8 Å². The lowest BCUT2D eigenvalue weighted by atomic mass is 10.1. The van der Waals surface area contributed by atoms with Crippen LogP contribution in [0.5, 0.6) is 0 Å². The molecule has 1 fully saturated rings. The minimum atomic E-state index is -0.237. The van der Waals surface area contributed by atoms with Crippen molar-refractivity contribution in [2.45, 2.75) is 12.8 Å². The number of fused-ring (bicyclic) bond motifs is 1. The van der Waals surface area contributed by atoms with E-state index < -0.39 is 0 Å². The Hall–Kier alpha value is -1.29. The van der Waals surface area contributed by atoms with Crippen LogP contribution in [-0.4, -0.2) is 28.9 Å². The summed E-state index contributed by atoms with van der Waals surface area (Å²) >= 11 is 5.77. The molecule has 1 saturated heterocycles. The molecule has 2 heterocycles. The van der Waals surface area contributed by atoms with E-state index in [-0.39, 0.29) is 5.82 Å². The maximum absolute atomic E-state index is 13.1. The molecule has 0 aliphatic carbocycles. The molecule has 1 aliphatic rings. The number of alkyl halides is 1. The number of halogens is 2. The standard InChI is InChI=1S/C13H15ClFN3/c14-5-3-9-4-6-18(8-9)13-16-11-2-1-10(15)7-12(11)17-13/h1-2,7,9H,3-6,8H2,(H,16,17). The van der Waals surface area contributed by atoms with Crippen LogP contribution in [0.3, 0.4) is 0 Å². The van der Waals surface area contributed by atoms with E-state index in [2.05, 4.69) is 14.9 Å². The number of hydrogen-bond donors (Lipinski definition) is 1. The molecule has 1 aromatic carbocycles. The maximum atomic E-state index is 13.1. The third-order valence-corrected chi connectivity index (χ3v) is 3.75. The second kappa shape index (κ2) is 4.76. The van der Waals surface area contributed by atoms with Gasteiger partial charge >= 0.3 is 0 Å². The Morgan fingerprint density at radius 3 is 3.22 bits per heavy atom. The van der Waals surface area contributed by atoms with Gasteiger partial charge in [-0.2, -0.15) is 0 Å². The molecule has 3 nitrogen and oxygen atoms in total. The third kappa shape index (κ3) is 2.17. The van der Waals surface area contributed by atoms with Crippen LogP contribution in [0.15, 0.2) is 18.2 Å². The van der Waals surface area contributed by atoms with E-state index in [0.717, 1.165) is 42.9 Å². The Morgan fingerprint density at radius 1 is 1.50 bits per heavy atom. The monoisotopic (exact) mass is 267 g/mol. The summed E-state index contributed by atoms with van der Waals surface area (Å²) in [5.41, 5.74) is 1.57. The molecule has 1 aliphatic heterocycles. The highest BCUT2D eigenvalue weighted by Crippen LogP contribution is 2.26. The first-order valence-electron chi connectivity index (χ1n) is 6.22. The van der Waals surface area contributed by atoms with Crippen LogP contribution in [0.2, 0.25) is 0 Å². The van der Waals surface area contributed by atoms with E-state index >= 15 is 0 Å². The Balaban J connectivity index is 1.82. The normalized spacial score (nSPS) is 19.9. The average Bonchev–Trinajstić information content (AvgIpc) is 2.94. The van der Waals surface area contributed by atoms with Gasteiger partial charge in [0.05, 0.1) is 11.0 Å². The number of benzene rings is 1. The van der Waals surface area contributed by atoms with Crippen molar-refractivity contribution in [2.24, 2.45) is 5.92 Å². The van der Waals surface area contributed by atoms with E-state index in [1.54, 1.807) is 6.07 Å². The predicted octanol–water partition coefficient (Wildman–Crippen LogP) is 3.16. The second-order valence-electron chi connectivity index (χ2n) is 4.80. The Bertz CT molecular complexity index is 554. The predicted molar refractivity (Wildman–Crippen MR) is 71.7 cm³/mol. The minimum Gasteiger partial charge on any atom is -0.342 e. The quantitative estimate of drug-likeness (QED) is 0.867. The highest BCUT2D eigenvalue weighted by molar-refractivity contribution is 6.17. The maximum Gasteiger partial charge on any atom is 0.203 e. The van der Waals surface area contributed by atoms with Gasteiger partial charge in [-0.25, -0.2) is 9.37 Å². The van der Waals surface area contributed by atoms with Crippen LogP contribution in [0.4, 0.5) is 10.3 Å². The molecule has 5 heteroatoms. The van der Waals surface area contributed by atoms with Gasteiger partial charge in [-0.1, -0.05) is 0 Å². The van der Waals surface area contributed by atoms with Gasteiger partial charge in [-0.05, 0) is 37.0 Å². The van der Waals surface area contributed by atoms with Crippen molar-refractivity contribution >= 4 is 28.6 Å². The fourth-order valence-corrected chi connectivity index (χ4v) is 2.84. The van der Waals surface area contributed by atoms with Crippen LogP contribution < -0.4 is 4.90 Å². The molecular formula is C13H15ClFN3. The highest BCUT2D eigenvalue weighted by Gasteiger charge is 2.24. The fourth-order valence-electron chi connectivity index (χ4n) is 2.53. The summed E-state index contributed by atoms with van der Waals surface area (Å²) in [6.07, 6.45) is 2.20. The molecule has 96 valence electrons. The number of anilines is 1. The summed E-state index contributed by atoms with van der Waals surface area (Å²) < 4.78 is 13.1. The van der Waals surface area contributed by atoms with E-state index in [1.807, 2.05) is 0 Å². The molecule has 1 aromatic heterocycles. The SMILES string of the molecule is Fc1ccc2nc(N3CCC(CCCl)C3)[nH]c2c1. The van der Waals surface area contributed by atoms with Crippen LogP contribution in [0, 0.1) is 11.7 Å². The van der Waals surface area contributed by atoms with Crippen molar-refractivity contribution in [1.82, 2.24) is 9.97 Å². The lowest BCUT2D eigenvalue weighted by Gasteiger charge is -2.14. The fraction of sp³-hybridized carbons (Fsp3) is 0.462. The van der Waals surface area contributed by atoms with Gasteiger partial charge in [-0.15, -0.1) is 11.6 Å². The number of nitrogens with zero attached hydrogens (tertiary/aromatic N) is 2. The number of nitrogens with one attached hydrogen (secondary N) is 1. The molecule has 2 aromatic rings. The number of hydrogen-bond acceptors (Lipinski definition) is 2. The lowest BCUT2D eigenvalue weighted by Crippen LogP contribution is -2.20. The number of aromatic nitrogens is 2. The summed E-state index contributed by atoms with van der Waals surface area (Å²) in [6.45, 7) is 1.97. The Labute approximate surface area is 110 Å². The largest absolute Gasteiger partial charge is 0.342 e. The molecule has 1 N–H and O–H groups in total. The summed E-state index contributed by atoms with van der Waals surface area (Å²) in [4.78, 5) is 9.90. The topological polar surface area (TPSA) is 31.9 Å². The molecule has 3 rings (SSSR count). The molecular weight excluding hydrogens is 253 g/mol. The van der Waals surface area contributed by atoms with E-state index in [4.69, 9.17) is 11.6 Å². The molecule has 0 saturated carbocycles. The van der Waals surface area contributed by atoms with Crippen molar-refractivity contribution in [3.8, 4) is 0 Å². The Morgan fingerprint density at radius 2 is 2.39 bits per heavy atom. The zero-order valence-corrected chi connectivity index (χ0v) is 10.8. The molecule has 0 radical (unpaired) electrons. The summed E-state index contributed by atoms with van der Waals surface area (Å²) in [6, 6.07) is 4.63. The second-order valence-corrected chi connectivity index (χ2v) is 5.18. The van der Waals surface area contributed by atoms with Crippen molar-refractivity contribution in [3.05, 3.63) is 24.0 Å². The van der Waals surface area contributed by atoms with Crippen LogP contribution in [0.25, 0.3) is 11.0 Å². The van der Waals surface area contributed by atoms with Crippen molar-refractivity contribution in [1.29, 1.82) is 0 Å². The average molecular weight is 268 g/mol. The lowest BCUT2D eigenvalue weighted by molar-refractivity contribution is 0.572. The number of rotatable bonds is 3. The first-order valence-corrected chi connectivity index (χ1v) is 6.76. The summed E-state index contributed by atoms with van der Waals surface area (Å²) in [7, 11) is 0. The highest BCUT2D eigenvalue weighted by atomic mass is 35.5. The third-order valence-electron chi connectivity index (χ3n) is 3.53. The van der Waals surface area contributed by atoms with Gasteiger partial charge < -0.3 is 9.88 Å². The van der Waals surface area contributed by atoms with Gasteiger partial charge in [-0.3, -0.25) is 0 Å². The van der Waals surface area contributed by atoms with Crippen LogP contribution in [-0.2, 0) is 0 Å². The van der Waals surface area contributed by atoms with Crippen molar-refractivity contribution in [3.63, 3.8) is 0 Å². The smallest absolute Gasteiger partial charge is 0.203 e. The molecule has 0 bridgehead atoms. The van der Waals surface area contributed by atoms with E-state index in [1.165, 1.54) is 12.1 Å². The summed E-state index contributed by atoms with van der Waals surface area (Å²) in [5, 5.41) is 0. The molecule has 1 unspecified atom stereocenters. The minimum absolute atomic E-state index is 0.237. The van der Waals surface area contributed by atoms with Gasteiger partial charge in [0.15, 0.2) is 0 Å². The number of H-pyrrole nitrogens is 1. The van der Waals surface area contributed by atoms with Crippen LogP contribution >= 0.6 is 11.6 Å². The Kier molecular flexibility index (Phi) is 3.12. The zero-order chi connectivity index (χ0) is 12.5. The zero-order valence-electron chi connectivity index (χ0n) is 10.00. The number of imidazole rings is 1. The van der Waals surface area contributed by atoms with Crippen molar-refractivity contribution < 1.29 is 4.39 Å². The van der Waals surface area contributed by atoms with Crippen LogP contribution in [0.1, 0.15) is 12.8 Å². The van der Waals surface area contributed by atoms with Gasteiger partial charge in [0.25, 0.3) is 0 Å². The first kappa shape index (κ1) is 11.8. The van der Waals surface area contributed by atoms with Gasteiger partial charge in [0.1, 0.15) is 5.82 Å². The molecule has 18 heavy (non-hydrogen) atoms. The number of aromatic amines is 1. The van der Waals surface area contributed by atoms with Gasteiger partial charge in [0.2, 0.25) is 5.95 Å². The van der Waals surface area contributed by atoms with Crippen molar-refractivity contribution in [2.75, 3.05) is 23.9 Å². The van der Waals surface area contributed by atoms with Gasteiger partial charge in [0, 0.05) is 19.0 Å².